The third-order valence-electron chi connectivity index (χ3n) is 4.00. The lowest BCUT2D eigenvalue weighted by Crippen LogP contribution is -2.30. The van der Waals surface area contributed by atoms with Crippen molar-refractivity contribution in [2.45, 2.75) is 6.92 Å². The van der Waals surface area contributed by atoms with Gasteiger partial charge in [-0.25, -0.2) is 0 Å². The first-order chi connectivity index (χ1) is 14.3. The second-order valence-electron chi connectivity index (χ2n) is 6.28. The molecule has 0 aliphatic heterocycles. The van der Waals surface area contributed by atoms with E-state index in [0.717, 1.165) is 5.56 Å². The molecule has 0 bridgehead atoms. The molecule has 0 atom stereocenters. The molecule has 0 spiro atoms. The van der Waals surface area contributed by atoms with E-state index in [1.54, 1.807) is 29.6 Å². The molecule has 0 aliphatic carbocycles. The molecule has 2 aromatic carbocycles. The zero-order chi connectivity index (χ0) is 21.7. The van der Waals surface area contributed by atoms with Gasteiger partial charge >= 0.3 is 0 Å². The van der Waals surface area contributed by atoms with Gasteiger partial charge in [-0.3, -0.25) is 19.7 Å². The van der Waals surface area contributed by atoms with E-state index in [1.807, 2.05) is 19.1 Å². The molecule has 30 heavy (non-hydrogen) atoms. The van der Waals surface area contributed by atoms with Crippen molar-refractivity contribution in [1.82, 2.24) is 5.32 Å². The van der Waals surface area contributed by atoms with E-state index in [1.165, 1.54) is 35.6 Å². The maximum absolute atomic E-state index is 12.9. The van der Waals surface area contributed by atoms with Gasteiger partial charge in [0.05, 0.1) is 15.5 Å². The molecule has 2 N–H and O–H groups in total. The third kappa shape index (κ3) is 5.40. The van der Waals surface area contributed by atoms with Crippen LogP contribution in [0.25, 0.3) is 6.08 Å². The summed E-state index contributed by atoms with van der Waals surface area (Å²) in [5, 5.41) is 18.1. The number of carbonyl (C=O) groups is 2. The summed E-state index contributed by atoms with van der Waals surface area (Å²) in [6.07, 6.45) is 1.40. The molecule has 0 fully saturated rings. The van der Waals surface area contributed by atoms with Crippen LogP contribution in [0.5, 0.6) is 0 Å². The molecule has 2 amide bonds. The van der Waals surface area contributed by atoms with E-state index >= 15 is 0 Å². The Balaban J connectivity index is 1.93. The number of anilines is 1. The van der Waals surface area contributed by atoms with Gasteiger partial charge in [0, 0.05) is 16.6 Å². The number of thiophene rings is 1. The molecular weight excluding hydrogens is 470 g/mol. The van der Waals surface area contributed by atoms with Crippen molar-refractivity contribution in [3.8, 4) is 0 Å². The SMILES string of the molecule is Cc1ccc(NC(=O)C(=Cc2cccc([N+](=O)[O-])c2)NC(=O)c2cccs2)c(Br)c1. The van der Waals surface area contributed by atoms with Gasteiger partial charge in [-0.15, -0.1) is 11.3 Å². The van der Waals surface area contributed by atoms with Crippen LogP contribution in [0.1, 0.15) is 20.8 Å². The van der Waals surface area contributed by atoms with Crippen LogP contribution in [0.3, 0.4) is 0 Å². The molecule has 0 unspecified atom stereocenters. The molecule has 9 heteroatoms. The Bertz CT molecular complexity index is 1140. The highest BCUT2D eigenvalue weighted by atomic mass is 79.9. The zero-order valence-corrected chi connectivity index (χ0v) is 18.1. The molecule has 0 saturated heterocycles. The van der Waals surface area contributed by atoms with E-state index in [-0.39, 0.29) is 11.4 Å². The maximum Gasteiger partial charge on any atom is 0.272 e. The number of amides is 2. The van der Waals surface area contributed by atoms with Gasteiger partial charge < -0.3 is 10.6 Å². The molecule has 1 aromatic heterocycles. The fraction of sp³-hybridized carbons (Fsp3) is 0.0476. The fourth-order valence-electron chi connectivity index (χ4n) is 2.56. The smallest absolute Gasteiger partial charge is 0.272 e. The lowest BCUT2D eigenvalue weighted by Gasteiger charge is -2.12. The predicted octanol–water partition coefficient (Wildman–Crippen LogP) is 5.14. The average molecular weight is 486 g/mol. The molecule has 1 heterocycles. The van der Waals surface area contributed by atoms with Crippen molar-refractivity contribution < 1.29 is 14.5 Å². The minimum Gasteiger partial charge on any atom is -0.320 e. The number of nitro benzene ring substituents is 1. The van der Waals surface area contributed by atoms with Crippen molar-refractivity contribution in [3.63, 3.8) is 0 Å². The van der Waals surface area contributed by atoms with Crippen LogP contribution < -0.4 is 10.6 Å². The number of hydrogen-bond donors (Lipinski definition) is 2. The summed E-state index contributed by atoms with van der Waals surface area (Å²) >= 11 is 4.64. The highest BCUT2D eigenvalue weighted by Crippen LogP contribution is 2.24. The standard InChI is InChI=1S/C21H16BrN3O4S/c1-13-7-8-17(16(22)10-13)23-20(26)18(24-21(27)19-6-3-9-30-19)12-14-4-2-5-15(11-14)25(28)29/h2-12H,1H3,(H,23,26)(H,24,27). The summed E-state index contributed by atoms with van der Waals surface area (Å²) < 4.78 is 0.690. The zero-order valence-electron chi connectivity index (χ0n) is 15.7. The first-order valence-corrected chi connectivity index (χ1v) is 10.4. The Morgan fingerprint density at radius 2 is 1.93 bits per heavy atom. The van der Waals surface area contributed by atoms with Crippen molar-refractivity contribution in [2.75, 3.05) is 5.32 Å². The Hall–Kier alpha value is -3.30. The van der Waals surface area contributed by atoms with Crippen LogP contribution in [-0.4, -0.2) is 16.7 Å². The van der Waals surface area contributed by atoms with Crippen LogP contribution in [0.4, 0.5) is 11.4 Å². The fourth-order valence-corrected chi connectivity index (χ4v) is 3.77. The average Bonchev–Trinajstić information content (AvgIpc) is 3.24. The summed E-state index contributed by atoms with van der Waals surface area (Å²) in [7, 11) is 0. The predicted molar refractivity (Wildman–Crippen MR) is 120 cm³/mol. The number of nitrogens with one attached hydrogen (secondary N) is 2. The molecule has 152 valence electrons. The lowest BCUT2D eigenvalue weighted by atomic mass is 10.1. The van der Waals surface area contributed by atoms with Gasteiger partial charge in [0.25, 0.3) is 17.5 Å². The van der Waals surface area contributed by atoms with Crippen molar-refractivity contribution in [1.29, 1.82) is 0 Å². The van der Waals surface area contributed by atoms with Gasteiger partial charge in [-0.05, 0) is 63.6 Å². The third-order valence-corrected chi connectivity index (χ3v) is 5.53. The monoisotopic (exact) mass is 485 g/mol. The van der Waals surface area contributed by atoms with Crippen LogP contribution in [0, 0.1) is 17.0 Å². The maximum atomic E-state index is 12.9. The summed E-state index contributed by atoms with van der Waals surface area (Å²) in [5.74, 6) is -1.00. The van der Waals surface area contributed by atoms with Gasteiger partial charge in [0.2, 0.25) is 0 Å². The minimum absolute atomic E-state index is 0.0404. The van der Waals surface area contributed by atoms with Crippen molar-refractivity contribution in [2.24, 2.45) is 0 Å². The number of non-ortho nitro benzene ring substituents is 1. The summed E-state index contributed by atoms with van der Waals surface area (Å²) in [4.78, 5) is 36.4. The molecule has 7 nitrogen and oxygen atoms in total. The number of hydrogen-bond acceptors (Lipinski definition) is 5. The van der Waals surface area contributed by atoms with Gasteiger partial charge in [-0.1, -0.05) is 24.3 Å². The molecule has 3 aromatic rings. The number of rotatable bonds is 6. The largest absolute Gasteiger partial charge is 0.320 e. The number of nitrogens with zero attached hydrogens (tertiary/aromatic N) is 1. The second-order valence-corrected chi connectivity index (χ2v) is 8.08. The molecule has 0 radical (unpaired) electrons. The number of carbonyl (C=O) groups excluding carboxylic acids is 2. The van der Waals surface area contributed by atoms with Gasteiger partial charge in [0.1, 0.15) is 5.70 Å². The normalized spacial score (nSPS) is 11.1. The molecular formula is C21H16BrN3O4S. The quantitative estimate of drug-likeness (QED) is 0.286. The number of nitro groups is 1. The summed E-state index contributed by atoms with van der Waals surface area (Å²) in [5.41, 5.74) is 1.79. The summed E-state index contributed by atoms with van der Waals surface area (Å²) in [6, 6.07) is 14.6. The van der Waals surface area contributed by atoms with Crippen LogP contribution in [-0.2, 0) is 4.79 Å². The minimum atomic E-state index is -0.559. The van der Waals surface area contributed by atoms with E-state index < -0.39 is 16.7 Å². The van der Waals surface area contributed by atoms with Crippen molar-refractivity contribution in [3.05, 3.63) is 96.3 Å². The Morgan fingerprint density at radius 3 is 2.60 bits per heavy atom. The Labute approximate surface area is 184 Å². The van der Waals surface area contributed by atoms with Crippen molar-refractivity contribution >= 4 is 56.5 Å². The van der Waals surface area contributed by atoms with E-state index in [0.29, 0.717) is 20.6 Å². The van der Waals surface area contributed by atoms with Gasteiger partial charge in [0.15, 0.2) is 0 Å². The highest BCUT2D eigenvalue weighted by Gasteiger charge is 2.17. The topological polar surface area (TPSA) is 101 Å². The molecule has 0 saturated carbocycles. The number of halogens is 1. The Kier molecular flexibility index (Phi) is 6.76. The van der Waals surface area contributed by atoms with Gasteiger partial charge in [-0.2, -0.15) is 0 Å². The van der Waals surface area contributed by atoms with E-state index in [4.69, 9.17) is 0 Å². The number of benzene rings is 2. The van der Waals surface area contributed by atoms with Crippen LogP contribution in [0.2, 0.25) is 0 Å². The van der Waals surface area contributed by atoms with E-state index in [9.17, 15) is 19.7 Å². The van der Waals surface area contributed by atoms with Crippen LogP contribution in [0.15, 0.2) is 70.1 Å². The van der Waals surface area contributed by atoms with E-state index in [2.05, 4.69) is 26.6 Å². The second kappa shape index (κ2) is 9.47. The summed E-state index contributed by atoms with van der Waals surface area (Å²) in [6.45, 7) is 1.92. The highest BCUT2D eigenvalue weighted by molar-refractivity contribution is 9.10. The first kappa shape index (κ1) is 21.4. The molecule has 0 aliphatic rings. The van der Waals surface area contributed by atoms with Crippen LogP contribution >= 0.6 is 27.3 Å². The first-order valence-electron chi connectivity index (χ1n) is 8.72. The number of aryl methyl sites for hydroxylation is 1. The lowest BCUT2D eigenvalue weighted by molar-refractivity contribution is -0.384. The Morgan fingerprint density at radius 1 is 1.13 bits per heavy atom. The molecule has 3 rings (SSSR count).